The van der Waals surface area contributed by atoms with E-state index in [1.54, 1.807) is 30.1 Å². The summed E-state index contributed by atoms with van der Waals surface area (Å²) in [5.41, 5.74) is 9.67. The van der Waals surface area contributed by atoms with Gasteiger partial charge in [-0.15, -0.1) is 0 Å². The van der Waals surface area contributed by atoms with Crippen LogP contribution in [0, 0.1) is 0 Å². The van der Waals surface area contributed by atoms with E-state index in [2.05, 4.69) is 33.2 Å². The molecule has 3 aromatic carbocycles. The van der Waals surface area contributed by atoms with Gasteiger partial charge in [0.25, 0.3) is 5.91 Å². The van der Waals surface area contributed by atoms with Crippen LogP contribution in [-0.2, 0) is 19.1 Å². The van der Waals surface area contributed by atoms with Crippen molar-refractivity contribution in [3.63, 3.8) is 0 Å². The first-order valence-electron chi connectivity index (χ1n) is 14.4. The predicted molar refractivity (Wildman–Crippen MR) is 174 cm³/mol. The molecule has 1 fully saturated rings. The third kappa shape index (κ3) is 8.32. The molecule has 3 aromatic rings. The normalized spacial score (nSPS) is 15.6. The van der Waals surface area contributed by atoms with Crippen molar-refractivity contribution in [3.8, 4) is 0 Å². The second kappa shape index (κ2) is 15.1. The number of carbonyl (C=O) groups is 4. The van der Waals surface area contributed by atoms with Gasteiger partial charge in [-0.05, 0) is 49.0 Å². The average molecular weight is 615 g/mol. The van der Waals surface area contributed by atoms with Gasteiger partial charge in [0.1, 0.15) is 0 Å². The van der Waals surface area contributed by atoms with Gasteiger partial charge < -0.3 is 36.0 Å². The third-order valence-corrected chi connectivity index (χ3v) is 7.53. The van der Waals surface area contributed by atoms with Crippen molar-refractivity contribution in [2.75, 3.05) is 76.0 Å². The lowest BCUT2D eigenvalue weighted by Crippen LogP contribution is -2.48. The van der Waals surface area contributed by atoms with Crippen molar-refractivity contribution < 1.29 is 29.0 Å². The Kier molecular flexibility index (Phi) is 11.0. The molecule has 0 bridgehead atoms. The van der Waals surface area contributed by atoms with Gasteiger partial charge in [-0.1, -0.05) is 36.4 Å². The van der Waals surface area contributed by atoms with Gasteiger partial charge in [0.15, 0.2) is 0 Å². The first kappa shape index (κ1) is 32.9. The molecule has 0 saturated carbocycles. The first-order valence-corrected chi connectivity index (χ1v) is 14.4. The Morgan fingerprint density at radius 2 is 1.62 bits per heavy atom. The maximum absolute atomic E-state index is 13.2. The maximum Gasteiger partial charge on any atom is 0.337 e. The number of hydrogen-bond acceptors (Lipinski definition) is 9. The second-order valence-corrected chi connectivity index (χ2v) is 10.6. The summed E-state index contributed by atoms with van der Waals surface area (Å²) in [5, 5.41) is 13.9. The van der Waals surface area contributed by atoms with Crippen LogP contribution < -0.4 is 21.3 Å². The highest BCUT2D eigenvalue weighted by Gasteiger charge is 2.29. The number of likely N-dealkylation sites (N-methyl/N-ethyl adjacent to an activating group) is 2. The van der Waals surface area contributed by atoms with Crippen LogP contribution in [0.25, 0.3) is 11.3 Å². The number of ether oxygens (including phenoxy) is 1. The zero-order valence-electron chi connectivity index (χ0n) is 25.6. The van der Waals surface area contributed by atoms with Crippen LogP contribution in [0.5, 0.6) is 0 Å². The van der Waals surface area contributed by atoms with E-state index in [-0.39, 0.29) is 18.4 Å². The zero-order chi connectivity index (χ0) is 32.5. The van der Waals surface area contributed by atoms with Crippen LogP contribution in [0.1, 0.15) is 21.5 Å². The number of nitrogens with one attached hydrogen (secondary N) is 2. The van der Waals surface area contributed by atoms with E-state index in [0.717, 1.165) is 43.1 Å². The maximum atomic E-state index is 13.2. The predicted octanol–water partition coefficient (Wildman–Crippen LogP) is 2.65. The summed E-state index contributed by atoms with van der Waals surface area (Å²) in [6, 6.07) is 22.2. The number of piperazine rings is 1. The third-order valence-electron chi connectivity index (χ3n) is 7.53. The number of methoxy groups -OCH3 is 1. The molecular weight excluding hydrogens is 576 g/mol. The van der Waals surface area contributed by atoms with Gasteiger partial charge in [0, 0.05) is 50.2 Å². The highest BCUT2D eigenvalue weighted by molar-refractivity contribution is 6.37. The SMILES string of the molecule is COC(=O)c1ccc2c(c1)NC(=O)/C2=C(\Nc1ccc(N(C)C(=O)CN2CCN(C)CC2)cc1)c1ccccc1.NCC(=O)O. The molecule has 12 heteroatoms. The van der Waals surface area contributed by atoms with Crippen LogP contribution in [-0.4, -0.2) is 99.1 Å². The highest BCUT2D eigenvalue weighted by atomic mass is 16.5. The first-order chi connectivity index (χ1) is 21.6. The molecule has 5 rings (SSSR count). The van der Waals surface area contributed by atoms with Crippen molar-refractivity contribution in [1.29, 1.82) is 0 Å². The molecule has 5 N–H and O–H groups in total. The number of anilines is 3. The van der Waals surface area contributed by atoms with Crippen LogP contribution in [0.3, 0.4) is 0 Å². The number of rotatable bonds is 8. The van der Waals surface area contributed by atoms with Crippen molar-refractivity contribution in [2.45, 2.75) is 0 Å². The number of fused-ring (bicyclic) bond motifs is 1. The van der Waals surface area contributed by atoms with E-state index < -0.39 is 11.9 Å². The van der Waals surface area contributed by atoms with E-state index in [9.17, 15) is 19.2 Å². The number of hydrogen-bond donors (Lipinski definition) is 4. The van der Waals surface area contributed by atoms with Gasteiger partial charge in [0.05, 0.1) is 42.7 Å². The average Bonchev–Trinajstić information content (AvgIpc) is 3.39. The molecule has 0 unspecified atom stereocenters. The van der Waals surface area contributed by atoms with E-state index in [0.29, 0.717) is 34.6 Å². The molecule has 1 saturated heterocycles. The lowest BCUT2D eigenvalue weighted by molar-refractivity contribution is -0.135. The molecule has 0 spiro atoms. The lowest BCUT2D eigenvalue weighted by Gasteiger charge is -2.32. The number of benzene rings is 3. The fourth-order valence-corrected chi connectivity index (χ4v) is 4.91. The number of nitrogens with zero attached hydrogens (tertiary/aromatic N) is 3. The van der Waals surface area contributed by atoms with Gasteiger partial charge in [-0.2, -0.15) is 0 Å². The zero-order valence-corrected chi connectivity index (χ0v) is 25.6. The van der Waals surface area contributed by atoms with Gasteiger partial charge in [0.2, 0.25) is 5.91 Å². The molecule has 0 aromatic heterocycles. The Morgan fingerprint density at radius 1 is 0.978 bits per heavy atom. The Morgan fingerprint density at radius 3 is 2.22 bits per heavy atom. The number of esters is 1. The summed E-state index contributed by atoms with van der Waals surface area (Å²) < 4.78 is 4.82. The fourth-order valence-electron chi connectivity index (χ4n) is 4.91. The molecule has 2 aliphatic heterocycles. The molecule has 0 atom stereocenters. The van der Waals surface area contributed by atoms with Crippen molar-refractivity contribution in [3.05, 3.63) is 89.5 Å². The van der Waals surface area contributed by atoms with Crippen LogP contribution in [0.2, 0.25) is 0 Å². The molecule has 236 valence electrons. The molecule has 12 nitrogen and oxygen atoms in total. The molecule has 45 heavy (non-hydrogen) atoms. The van der Waals surface area contributed by atoms with Gasteiger partial charge in [-0.25, -0.2) is 4.79 Å². The quantitative estimate of drug-likeness (QED) is 0.220. The van der Waals surface area contributed by atoms with Gasteiger partial charge >= 0.3 is 11.9 Å². The Labute approximate surface area is 262 Å². The summed E-state index contributed by atoms with van der Waals surface area (Å²) in [6.45, 7) is 3.81. The van der Waals surface area contributed by atoms with E-state index >= 15 is 0 Å². The largest absolute Gasteiger partial charge is 0.480 e. The van der Waals surface area contributed by atoms with Crippen LogP contribution in [0.4, 0.5) is 17.1 Å². The second-order valence-electron chi connectivity index (χ2n) is 10.6. The minimum Gasteiger partial charge on any atom is -0.480 e. The summed E-state index contributed by atoms with van der Waals surface area (Å²) in [4.78, 5) is 53.5. The van der Waals surface area contributed by atoms with E-state index in [1.807, 2.05) is 54.6 Å². The summed E-state index contributed by atoms with van der Waals surface area (Å²) in [6.07, 6.45) is 0. The minimum absolute atomic E-state index is 0.0444. The van der Waals surface area contributed by atoms with Gasteiger partial charge in [-0.3, -0.25) is 19.3 Å². The highest BCUT2D eigenvalue weighted by Crippen LogP contribution is 2.38. The summed E-state index contributed by atoms with van der Waals surface area (Å²) in [7, 11) is 5.21. The lowest BCUT2D eigenvalue weighted by atomic mass is 9.99. The van der Waals surface area contributed by atoms with Crippen LogP contribution in [0.15, 0.2) is 72.8 Å². The molecule has 0 radical (unpaired) electrons. The van der Waals surface area contributed by atoms with Crippen molar-refractivity contribution >= 4 is 52.1 Å². The molecular formula is C33H38N6O6. The molecule has 2 amide bonds. The summed E-state index contributed by atoms with van der Waals surface area (Å²) in [5.74, 6) is -1.66. The Bertz CT molecular complexity index is 1570. The fraction of sp³-hybridized carbons (Fsp3) is 0.273. The number of amides is 2. The smallest absolute Gasteiger partial charge is 0.337 e. The van der Waals surface area contributed by atoms with Crippen molar-refractivity contribution in [2.24, 2.45) is 5.73 Å². The van der Waals surface area contributed by atoms with E-state index in [4.69, 9.17) is 9.84 Å². The monoisotopic (exact) mass is 614 g/mol. The topological polar surface area (TPSA) is 158 Å². The summed E-state index contributed by atoms with van der Waals surface area (Å²) >= 11 is 0. The van der Waals surface area contributed by atoms with Crippen LogP contribution >= 0.6 is 0 Å². The molecule has 0 aliphatic carbocycles. The number of carbonyl (C=O) groups excluding carboxylic acids is 3. The minimum atomic E-state index is -0.968. The molecule has 2 aliphatic rings. The Hall–Kier alpha value is -5.04. The van der Waals surface area contributed by atoms with E-state index in [1.165, 1.54) is 7.11 Å². The number of carboxylic acids is 1. The van der Waals surface area contributed by atoms with Crippen molar-refractivity contribution in [1.82, 2.24) is 9.80 Å². The standard InChI is InChI=1S/C31H33N5O4.C2H5NO2/c1-34-15-17-36(18-16-34)20-27(37)35(2)24-12-10-23(11-13-24)32-29(21-7-5-4-6-8-21)28-25-14-9-22(31(39)40-3)19-26(25)33-30(28)38;3-1-2(4)5/h4-14,19,32H,15-18,20H2,1-3H3,(H,33,38);1,3H2,(H,4,5)/b29-28-;. The Balaban J connectivity index is 0.000000854. The number of nitrogens with two attached hydrogens (primary N) is 1. The number of carboxylic acid groups (broad SMARTS) is 1. The molecule has 2 heterocycles. The number of aliphatic carboxylic acids is 1.